The van der Waals surface area contributed by atoms with Gasteiger partial charge in [0, 0.05) is 17.7 Å². The number of anilines is 1. The largest absolute Gasteiger partial charge is 0.393 e. The summed E-state index contributed by atoms with van der Waals surface area (Å²) in [5, 5.41) is 13.5. The summed E-state index contributed by atoms with van der Waals surface area (Å²) in [5.74, 6) is 0.694. The first-order valence-corrected chi connectivity index (χ1v) is 7.18. The van der Waals surface area contributed by atoms with Gasteiger partial charge in [-0.25, -0.2) is 0 Å². The van der Waals surface area contributed by atoms with Gasteiger partial charge < -0.3 is 11.1 Å². The van der Waals surface area contributed by atoms with Crippen molar-refractivity contribution in [2.75, 3.05) is 17.7 Å². The predicted octanol–water partition coefficient (Wildman–Crippen LogP) is 2.05. The summed E-state index contributed by atoms with van der Waals surface area (Å²) in [5.41, 5.74) is 5.69. The average molecular weight is 283 g/mol. The minimum atomic E-state index is -0.571. The number of hydrogen-bond donors (Lipinski definition) is 2. The van der Waals surface area contributed by atoms with Gasteiger partial charge in [-0.3, -0.25) is 14.9 Å². The zero-order valence-corrected chi connectivity index (χ0v) is 11.7. The Bertz CT molecular complexity index is 479. The lowest BCUT2D eigenvalue weighted by Gasteiger charge is -2.13. The van der Waals surface area contributed by atoms with Crippen LogP contribution in [0.15, 0.2) is 18.2 Å². The molecule has 0 radical (unpaired) electrons. The van der Waals surface area contributed by atoms with Gasteiger partial charge in [-0.2, -0.15) is 11.8 Å². The van der Waals surface area contributed by atoms with E-state index in [2.05, 4.69) is 5.32 Å². The van der Waals surface area contributed by atoms with E-state index in [4.69, 9.17) is 5.73 Å². The molecule has 19 heavy (non-hydrogen) atoms. The van der Waals surface area contributed by atoms with Gasteiger partial charge in [0.05, 0.1) is 4.92 Å². The van der Waals surface area contributed by atoms with Crippen molar-refractivity contribution in [2.45, 2.75) is 19.4 Å². The first kappa shape index (κ1) is 15.3. The molecule has 0 aliphatic carbocycles. The molecular weight excluding hydrogens is 266 g/mol. The average Bonchev–Trinajstić information content (AvgIpc) is 2.35. The lowest BCUT2D eigenvalue weighted by Crippen LogP contribution is -2.33. The van der Waals surface area contributed by atoms with Crippen LogP contribution >= 0.6 is 11.8 Å². The van der Waals surface area contributed by atoms with E-state index in [9.17, 15) is 14.9 Å². The van der Waals surface area contributed by atoms with Crippen LogP contribution in [0.1, 0.15) is 23.7 Å². The number of thioether (sulfide) groups is 1. The number of carbonyl (C=O) groups is 1. The number of benzene rings is 1. The van der Waals surface area contributed by atoms with E-state index in [1.54, 1.807) is 11.8 Å². The summed E-state index contributed by atoms with van der Waals surface area (Å²) in [6.45, 7) is 1.92. The minimum absolute atomic E-state index is 0.00517. The number of nitrogen functional groups attached to an aromatic ring is 1. The molecule has 0 heterocycles. The Morgan fingerprint density at radius 2 is 2.26 bits per heavy atom. The molecule has 0 fully saturated rings. The zero-order valence-electron chi connectivity index (χ0n) is 10.9. The quantitative estimate of drug-likeness (QED) is 0.473. The van der Waals surface area contributed by atoms with Gasteiger partial charge in [-0.05, 0) is 37.5 Å². The van der Waals surface area contributed by atoms with E-state index in [0.717, 1.165) is 12.2 Å². The van der Waals surface area contributed by atoms with E-state index in [0.29, 0.717) is 5.56 Å². The van der Waals surface area contributed by atoms with Gasteiger partial charge >= 0.3 is 0 Å². The Morgan fingerprint density at radius 3 is 2.79 bits per heavy atom. The van der Waals surface area contributed by atoms with E-state index >= 15 is 0 Å². The minimum Gasteiger partial charge on any atom is -0.393 e. The van der Waals surface area contributed by atoms with Crippen LogP contribution in [0.3, 0.4) is 0 Å². The molecule has 104 valence electrons. The molecule has 1 atom stereocenters. The van der Waals surface area contributed by atoms with Crippen LogP contribution in [0.5, 0.6) is 0 Å². The molecule has 1 unspecified atom stereocenters. The summed E-state index contributed by atoms with van der Waals surface area (Å²) in [7, 11) is 0. The number of nitro groups is 1. The van der Waals surface area contributed by atoms with Crippen molar-refractivity contribution in [1.29, 1.82) is 0 Å². The van der Waals surface area contributed by atoms with Crippen molar-refractivity contribution >= 4 is 29.0 Å². The molecule has 0 aliphatic rings. The van der Waals surface area contributed by atoms with Crippen molar-refractivity contribution in [3.05, 3.63) is 33.9 Å². The van der Waals surface area contributed by atoms with E-state index in [1.807, 2.05) is 13.2 Å². The standard InChI is InChI=1S/C12H17N3O3S/c1-8(5-6-19-2)14-12(16)9-3-4-11(15(17)18)10(13)7-9/h3-4,7-8H,5-6,13H2,1-2H3,(H,14,16). The first-order valence-electron chi connectivity index (χ1n) is 5.79. The monoisotopic (exact) mass is 283 g/mol. The lowest BCUT2D eigenvalue weighted by atomic mass is 10.1. The number of nitrogens with two attached hydrogens (primary N) is 1. The topological polar surface area (TPSA) is 98.3 Å². The van der Waals surface area contributed by atoms with Crippen molar-refractivity contribution in [1.82, 2.24) is 5.32 Å². The van der Waals surface area contributed by atoms with Gasteiger partial charge in [0.15, 0.2) is 0 Å². The lowest BCUT2D eigenvalue weighted by molar-refractivity contribution is -0.383. The van der Waals surface area contributed by atoms with Gasteiger partial charge in [0.2, 0.25) is 0 Å². The number of nitro benzene ring substituents is 1. The van der Waals surface area contributed by atoms with Crippen molar-refractivity contribution in [2.24, 2.45) is 0 Å². The summed E-state index contributed by atoms with van der Waals surface area (Å²) in [6.07, 6.45) is 2.88. The first-order chi connectivity index (χ1) is 8.95. The SMILES string of the molecule is CSCCC(C)NC(=O)c1ccc([N+](=O)[O-])c(N)c1. The third kappa shape index (κ3) is 4.44. The molecule has 1 amide bonds. The molecule has 3 N–H and O–H groups in total. The number of amides is 1. The van der Waals surface area contributed by atoms with Crippen LogP contribution in [0, 0.1) is 10.1 Å². The summed E-state index contributed by atoms with van der Waals surface area (Å²) < 4.78 is 0. The van der Waals surface area contributed by atoms with Gasteiger partial charge in [0.1, 0.15) is 5.69 Å². The molecule has 6 nitrogen and oxygen atoms in total. The van der Waals surface area contributed by atoms with Crippen LogP contribution in [-0.4, -0.2) is 28.9 Å². The molecule has 0 saturated heterocycles. The maximum atomic E-state index is 11.9. The second-order valence-corrected chi connectivity index (χ2v) is 5.17. The van der Waals surface area contributed by atoms with Crippen LogP contribution in [0.2, 0.25) is 0 Å². The van der Waals surface area contributed by atoms with Crippen LogP contribution < -0.4 is 11.1 Å². The number of nitrogens with one attached hydrogen (secondary N) is 1. The second-order valence-electron chi connectivity index (χ2n) is 4.19. The van der Waals surface area contributed by atoms with E-state index in [-0.39, 0.29) is 23.3 Å². The molecule has 0 bridgehead atoms. The molecule has 0 saturated carbocycles. The van der Waals surface area contributed by atoms with Crippen LogP contribution in [0.4, 0.5) is 11.4 Å². The maximum Gasteiger partial charge on any atom is 0.292 e. The summed E-state index contributed by atoms with van der Waals surface area (Å²) in [6, 6.07) is 4.04. The maximum absolute atomic E-state index is 11.9. The molecule has 1 aromatic rings. The fraction of sp³-hybridized carbons (Fsp3) is 0.417. The zero-order chi connectivity index (χ0) is 14.4. The Balaban J connectivity index is 2.72. The Kier molecular flexibility index (Phi) is 5.62. The highest BCUT2D eigenvalue weighted by Gasteiger charge is 2.15. The van der Waals surface area contributed by atoms with Crippen molar-refractivity contribution in [3.8, 4) is 0 Å². The van der Waals surface area contributed by atoms with Gasteiger partial charge in [0.25, 0.3) is 11.6 Å². The molecule has 0 aliphatic heterocycles. The number of hydrogen-bond acceptors (Lipinski definition) is 5. The third-order valence-corrected chi connectivity index (χ3v) is 3.26. The summed E-state index contributed by atoms with van der Waals surface area (Å²) >= 11 is 1.71. The predicted molar refractivity (Wildman–Crippen MR) is 77.4 cm³/mol. The Hall–Kier alpha value is -1.76. The number of nitrogens with zero attached hydrogens (tertiary/aromatic N) is 1. The highest BCUT2D eigenvalue weighted by molar-refractivity contribution is 7.98. The van der Waals surface area contributed by atoms with Gasteiger partial charge in [-0.1, -0.05) is 0 Å². The fourth-order valence-corrected chi connectivity index (χ4v) is 2.13. The Labute approximate surface area is 115 Å². The highest BCUT2D eigenvalue weighted by Crippen LogP contribution is 2.22. The molecule has 1 rings (SSSR count). The van der Waals surface area contributed by atoms with Crippen molar-refractivity contribution < 1.29 is 9.72 Å². The fourth-order valence-electron chi connectivity index (χ4n) is 1.54. The normalized spacial score (nSPS) is 11.9. The van der Waals surface area contributed by atoms with Gasteiger partial charge in [-0.15, -0.1) is 0 Å². The molecule has 7 heteroatoms. The van der Waals surface area contributed by atoms with Crippen molar-refractivity contribution in [3.63, 3.8) is 0 Å². The second kappa shape index (κ2) is 6.98. The molecule has 0 spiro atoms. The van der Waals surface area contributed by atoms with Crippen LogP contribution in [0.25, 0.3) is 0 Å². The van der Waals surface area contributed by atoms with E-state index < -0.39 is 4.92 Å². The smallest absolute Gasteiger partial charge is 0.292 e. The molecular formula is C12H17N3O3S. The third-order valence-electron chi connectivity index (χ3n) is 2.62. The Morgan fingerprint density at radius 1 is 1.58 bits per heavy atom. The number of carbonyl (C=O) groups excluding carboxylic acids is 1. The molecule has 1 aromatic carbocycles. The molecule has 0 aromatic heterocycles. The summed E-state index contributed by atoms with van der Waals surface area (Å²) in [4.78, 5) is 22.0. The number of rotatable bonds is 6. The highest BCUT2D eigenvalue weighted by atomic mass is 32.2. The van der Waals surface area contributed by atoms with Crippen LogP contribution in [-0.2, 0) is 0 Å². The van der Waals surface area contributed by atoms with E-state index in [1.165, 1.54) is 18.2 Å².